The molecule has 1 N–H and O–H groups in total. The van der Waals surface area contributed by atoms with Crippen LogP contribution in [0.15, 0.2) is 71.2 Å². The number of oxazole rings is 1. The topological polar surface area (TPSA) is 55.1 Å². The standard InChI is InChI=1S/C26H22Cl2N2O2/c1-3-16(2)18-8-11-24-23(14-18)30-26(32-24)19-5-4-6-21(13-19)29-25(31)12-9-17-7-10-20(27)15-22(17)28/h4-16H,3H2,1-2H3,(H,29,31)/b12-9+/t16-/m1/s1. The first-order chi connectivity index (χ1) is 15.4. The lowest BCUT2D eigenvalue weighted by Crippen LogP contribution is -2.07. The molecule has 0 aliphatic heterocycles. The van der Waals surface area contributed by atoms with E-state index in [0.29, 0.717) is 33.1 Å². The van der Waals surface area contributed by atoms with E-state index in [1.54, 1.807) is 24.3 Å². The van der Waals surface area contributed by atoms with Crippen LogP contribution in [0.1, 0.15) is 37.3 Å². The van der Waals surface area contributed by atoms with Crippen LogP contribution in [0.3, 0.4) is 0 Å². The maximum atomic E-state index is 12.4. The maximum Gasteiger partial charge on any atom is 0.248 e. The zero-order valence-electron chi connectivity index (χ0n) is 17.7. The van der Waals surface area contributed by atoms with Crippen LogP contribution in [0.2, 0.25) is 10.0 Å². The first-order valence-corrected chi connectivity index (χ1v) is 11.1. The van der Waals surface area contributed by atoms with E-state index in [1.807, 2.05) is 30.3 Å². The Labute approximate surface area is 196 Å². The smallest absolute Gasteiger partial charge is 0.248 e. The van der Waals surface area contributed by atoms with Crippen LogP contribution in [0.5, 0.6) is 0 Å². The van der Waals surface area contributed by atoms with Gasteiger partial charge in [-0.05, 0) is 72.0 Å². The minimum Gasteiger partial charge on any atom is -0.436 e. The minimum atomic E-state index is -0.274. The first kappa shape index (κ1) is 22.1. The number of aromatic nitrogens is 1. The van der Waals surface area contributed by atoms with Gasteiger partial charge in [-0.1, -0.05) is 55.2 Å². The summed E-state index contributed by atoms with van der Waals surface area (Å²) in [6.07, 6.45) is 4.14. The van der Waals surface area contributed by atoms with E-state index in [2.05, 4.69) is 36.3 Å². The van der Waals surface area contributed by atoms with Crippen LogP contribution in [0.25, 0.3) is 28.6 Å². The predicted octanol–water partition coefficient (Wildman–Crippen LogP) is 7.97. The van der Waals surface area contributed by atoms with Crippen LogP contribution < -0.4 is 5.32 Å². The van der Waals surface area contributed by atoms with Gasteiger partial charge in [-0.3, -0.25) is 4.79 Å². The molecule has 0 aliphatic rings. The number of amides is 1. The number of nitrogens with one attached hydrogen (secondary N) is 1. The number of carbonyl (C=O) groups excluding carboxylic acids is 1. The summed E-state index contributed by atoms with van der Waals surface area (Å²) >= 11 is 12.1. The van der Waals surface area contributed by atoms with Crippen molar-refractivity contribution in [1.82, 2.24) is 4.98 Å². The number of fused-ring (bicyclic) bond motifs is 1. The molecule has 0 aliphatic carbocycles. The summed E-state index contributed by atoms with van der Waals surface area (Å²) in [7, 11) is 0. The second-order valence-electron chi connectivity index (χ2n) is 7.62. The normalized spacial score (nSPS) is 12.4. The van der Waals surface area contributed by atoms with Gasteiger partial charge in [0.05, 0.1) is 0 Å². The van der Waals surface area contributed by atoms with Crippen molar-refractivity contribution in [3.8, 4) is 11.5 Å². The van der Waals surface area contributed by atoms with Crippen molar-refractivity contribution in [3.05, 3.63) is 87.9 Å². The average molecular weight is 465 g/mol. The van der Waals surface area contributed by atoms with Gasteiger partial charge in [0.25, 0.3) is 0 Å². The highest BCUT2D eigenvalue weighted by atomic mass is 35.5. The van der Waals surface area contributed by atoms with Gasteiger partial charge in [0.2, 0.25) is 11.8 Å². The Morgan fingerprint density at radius 3 is 2.75 bits per heavy atom. The molecule has 4 rings (SSSR count). The van der Waals surface area contributed by atoms with Gasteiger partial charge < -0.3 is 9.73 Å². The molecule has 32 heavy (non-hydrogen) atoms. The van der Waals surface area contributed by atoms with E-state index >= 15 is 0 Å². The second-order valence-corrected chi connectivity index (χ2v) is 8.47. The van der Waals surface area contributed by atoms with Gasteiger partial charge in [0.15, 0.2) is 5.58 Å². The first-order valence-electron chi connectivity index (χ1n) is 10.4. The van der Waals surface area contributed by atoms with E-state index in [-0.39, 0.29) is 5.91 Å². The molecular weight excluding hydrogens is 443 g/mol. The van der Waals surface area contributed by atoms with E-state index in [4.69, 9.17) is 27.6 Å². The summed E-state index contributed by atoms with van der Waals surface area (Å²) in [6.45, 7) is 4.37. The predicted molar refractivity (Wildman–Crippen MR) is 132 cm³/mol. The fourth-order valence-electron chi connectivity index (χ4n) is 3.33. The van der Waals surface area contributed by atoms with Crippen LogP contribution in [0.4, 0.5) is 5.69 Å². The van der Waals surface area contributed by atoms with Gasteiger partial charge in [0.1, 0.15) is 5.52 Å². The number of hydrogen-bond acceptors (Lipinski definition) is 3. The molecule has 6 heteroatoms. The Bertz CT molecular complexity index is 1310. The molecule has 0 fully saturated rings. The largest absolute Gasteiger partial charge is 0.436 e. The summed E-state index contributed by atoms with van der Waals surface area (Å²) in [5.41, 5.74) is 4.95. The highest BCUT2D eigenvalue weighted by Crippen LogP contribution is 2.29. The Morgan fingerprint density at radius 2 is 1.97 bits per heavy atom. The third-order valence-corrected chi connectivity index (χ3v) is 5.91. The van der Waals surface area contributed by atoms with E-state index in [9.17, 15) is 4.79 Å². The summed E-state index contributed by atoms with van der Waals surface area (Å²) < 4.78 is 5.95. The van der Waals surface area contributed by atoms with Crippen molar-refractivity contribution in [1.29, 1.82) is 0 Å². The van der Waals surface area contributed by atoms with Gasteiger partial charge in [-0.25, -0.2) is 4.98 Å². The van der Waals surface area contributed by atoms with Crippen molar-refractivity contribution < 1.29 is 9.21 Å². The Balaban J connectivity index is 1.52. The zero-order valence-corrected chi connectivity index (χ0v) is 19.2. The molecule has 1 atom stereocenters. The van der Waals surface area contributed by atoms with Crippen molar-refractivity contribution in [3.63, 3.8) is 0 Å². The highest BCUT2D eigenvalue weighted by Gasteiger charge is 2.12. The molecule has 4 nitrogen and oxygen atoms in total. The van der Waals surface area contributed by atoms with E-state index < -0.39 is 0 Å². The zero-order chi connectivity index (χ0) is 22.7. The number of carbonyl (C=O) groups is 1. The SMILES string of the molecule is CC[C@@H](C)c1ccc2oc(-c3cccc(NC(=O)/C=C/c4ccc(Cl)cc4Cl)c3)nc2c1. The van der Waals surface area contributed by atoms with Gasteiger partial charge in [-0.15, -0.1) is 0 Å². The third kappa shape index (κ3) is 5.04. The third-order valence-electron chi connectivity index (χ3n) is 5.35. The van der Waals surface area contributed by atoms with Gasteiger partial charge >= 0.3 is 0 Å². The van der Waals surface area contributed by atoms with E-state index in [0.717, 1.165) is 23.1 Å². The molecule has 0 spiro atoms. The summed E-state index contributed by atoms with van der Waals surface area (Å²) in [6, 6.07) is 18.6. The second kappa shape index (κ2) is 9.60. The van der Waals surface area contributed by atoms with E-state index in [1.165, 1.54) is 11.6 Å². The number of halogens is 2. The lowest BCUT2D eigenvalue weighted by atomic mass is 9.98. The summed E-state index contributed by atoms with van der Waals surface area (Å²) in [4.78, 5) is 17.0. The van der Waals surface area contributed by atoms with Crippen molar-refractivity contribution >= 4 is 52.0 Å². The maximum absolute atomic E-state index is 12.4. The molecule has 0 saturated heterocycles. The lowest BCUT2D eigenvalue weighted by Gasteiger charge is -2.07. The lowest BCUT2D eigenvalue weighted by molar-refractivity contribution is -0.111. The van der Waals surface area contributed by atoms with Crippen LogP contribution in [0, 0.1) is 0 Å². The highest BCUT2D eigenvalue weighted by molar-refractivity contribution is 6.35. The average Bonchev–Trinajstić information content (AvgIpc) is 3.21. The van der Waals surface area contributed by atoms with Crippen LogP contribution >= 0.6 is 23.2 Å². The minimum absolute atomic E-state index is 0.274. The number of rotatable bonds is 6. The van der Waals surface area contributed by atoms with Gasteiger partial charge in [-0.2, -0.15) is 0 Å². The molecule has 0 saturated carbocycles. The van der Waals surface area contributed by atoms with Crippen molar-refractivity contribution in [2.45, 2.75) is 26.2 Å². The summed E-state index contributed by atoms with van der Waals surface area (Å²) in [5.74, 6) is 0.707. The molecule has 1 amide bonds. The van der Waals surface area contributed by atoms with Crippen molar-refractivity contribution in [2.75, 3.05) is 5.32 Å². The molecule has 1 aromatic heterocycles. The Morgan fingerprint density at radius 1 is 1.12 bits per heavy atom. The molecule has 3 aromatic carbocycles. The van der Waals surface area contributed by atoms with Crippen molar-refractivity contribution in [2.24, 2.45) is 0 Å². The molecule has 162 valence electrons. The molecule has 1 heterocycles. The summed E-state index contributed by atoms with van der Waals surface area (Å²) in [5, 5.41) is 3.88. The molecular formula is C26H22Cl2N2O2. The fourth-order valence-corrected chi connectivity index (χ4v) is 3.80. The Kier molecular flexibility index (Phi) is 6.63. The van der Waals surface area contributed by atoms with Crippen LogP contribution in [-0.2, 0) is 4.79 Å². The Hall–Kier alpha value is -3.08. The fraction of sp³-hybridized carbons (Fsp3) is 0.154. The number of nitrogens with zero attached hydrogens (tertiary/aromatic N) is 1. The monoisotopic (exact) mass is 464 g/mol. The molecule has 0 bridgehead atoms. The molecule has 4 aromatic rings. The molecule has 0 radical (unpaired) electrons. The number of benzene rings is 3. The molecule has 0 unspecified atom stereocenters. The van der Waals surface area contributed by atoms with Gasteiger partial charge in [0, 0.05) is 27.4 Å². The number of anilines is 1. The van der Waals surface area contributed by atoms with Crippen LogP contribution in [-0.4, -0.2) is 10.9 Å². The number of hydrogen-bond donors (Lipinski definition) is 1. The quantitative estimate of drug-likeness (QED) is 0.294.